The molecular formula is C10H6F2N2S. The molecule has 2 N–H and O–H groups in total. The smallest absolute Gasteiger partial charge is 0.144 e. The zero-order chi connectivity index (χ0) is 11.2. The molecule has 15 heavy (non-hydrogen) atoms. The van der Waals surface area contributed by atoms with Gasteiger partial charge in [-0.15, -0.1) is 11.3 Å². The Kier molecular flexibility index (Phi) is 2.09. The topological polar surface area (TPSA) is 49.8 Å². The molecule has 0 aliphatic heterocycles. The number of hydrogen-bond donors (Lipinski definition) is 1. The third-order valence-corrected chi connectivity index (χ3v) is 3.28. The first-order chi connectivity index (χ1) is 7.06. The molecule has 0 amide bonds. The molecule has 0 atom stereocenters. The highest BCUT2D eigenvalue weighted by Gasteiger charge is 2.17. The standard InChI is InChI=1S/C10H6F2N2S/c1-4-6(11)2-7(12)9-8(4)5(3-13)10(14)15-9/h2H,14H2,1H3. The molecule has 0 saturated carbocycles. The fraction of sp³-hybridized carbons (Fsp3) is 0.100. The molecule has 0 saturated heterocycles. The van der Waals surface area contributed by atoms with Crippen LogP contribution in [0.25, 0.3) is 10.1 Å². The molecule has 0 fully saturated rings. The van der Waals surface area contributed by atoms with Crippen LogP contribution in [0.15, 0.2) is 6.07 Å². The number of anilines is 1. The van der Waals surface area contributed by atoms with E-state index in [-0.39, 0.29) is 26.2 Å². The molecule has 2 aromatic rings. The van der Waals surface area contributed by atoms with Gasteiger partial charge in [0.05, 0.1) is 10.3 Å². The van der Waals surface area contributed by atoms with Gasteiger partial charge in [0, 0.05) is 11.5 Å². The average Bonchev–Trinajstić information content (AvgIpc) is 2.52. The van der Waals surface area contributed by atoms with Crippen molar-refractivity contribution >= 4 is 26.4 Å². The van der Waals surface area contributed by atoms with E-state index in [0.717, 1.165) is 17.4 Å². The van der Waals surface area contributed by atoms with Crippen LogP contribution in [0.4, 0.5) is 13.8 Å². The summed E-state index contributed by atoms with van der Waals surface area (Å²) in [5.74, 6) is -1.33. The monoisotopic (exact) mass is 224 g/mol. The maximum Gasteiger partial charge on any atom is 0.144 e. The number of benzene rings is 1. The lowest BCUT2D eigenvalue weighted by molar-refractivity contribution is 0.587. The van der Waals surface area contributed by atoms with Gasteiger partial charge in [0.15, 0.2) is 0 Å². The van der Waals surface area contributed by atoms with Crippen LogP contribution in [-0.2, 0) is 0 Å². The van der Waals surface area contributed by atoms with E-state index in [0.29, 0.717) is 0 Å². The predicted octanol–water partition coefficient (Wildman–Crippen LogP) is 2.94. The van der Waals surface area contributed by atoms with Crippen LogP contribution in [0.1, 0.15) is 11.1 Å². The molecule has 1 heterocycles. The lowest BCUT2D eigenvalue weighted by atomic mass is 10.1. The number of rotatable bonds is 0. The Hall–Kier alpha value is -1.67. The fourth-order valence-electron chi connectivity index (χ4n) is 1.49. The summed E-state index contributed by atoms with van der Waals surface area (Å²) in [5.41, 5.74) is 5.98. The first-order valence-electron chi connectivity index (χ1n) is 4.13. The molecule has 1 aromatic heterocycles. The van der Waals surface area contributed by atoms with Gasteiger partial charge in [0.25, 0.3) is 0 Å². The number of fused-ring (bicyclic) bond motifs is 1. The highest BCUT2D eigenvalue weighted by molar-refractivity contribution is 7.23. The number of thiophene rings is 1. The largest absolute Gasteiger partial charge is 0.389 e. The van der Waals surface area contributed by atoms with Crippen molar-refractivity contribution in [3.05, 3.63) is 28.8 Å². The number of halogens is 2. The van der Waals surface area contributed by atoms with E-state index >= 15 is 0 Å². The van der Waals surface area contributed by atoms with Gasteiger partial charge in [-0.05, 0) is 12.5 Å². The van der Waals surface area contributed by atoms with Crippen molar-refractivity contribution in [1.82, 2.24) is 0 Å². The Bertz CT molecular complexity index is 596. The lowest BCUT2D eigenvalue weighted by Crippen LogP contribution is -1.89. The second-order valence-electron chi connectivity index (χ2n) is 3.12. The van der Waals surface area contributed by atoms with E-state index in [1.54, 1.807) is 0 Å². The van der Waals surface area contributed by atoms with E-state index in [4.69, 9.17) is 11.0 Å². The number of nitriles is 1. The van der Waals surface area contributed by atoms with Gasteiger partial charge in [-0.1, -0.05) is 0 Å². The number of nitrogen functional groups attached to an aromatic ring is 1. The molecule has 0 unspecified atom stereocenters. The van der Waals surface area contributed by atoms with Gasteiger partial charge < -0.3 is 5.73 Å². The third kappa shape index (κ3) is 1.26. The van der Waals surface area contributed by atoms with E-state index in [9.17, 15) is 8.78 Å². The molecular weight excluding hydrogens is 218 g/mol. The van der Waals surface area contributed by atoms with Gasteiger partial charge in [-0.2, -0.15) is 5.26 Å². The summed E-state index contributed by atoms with van der Waals surface area (Å²) in [6, 6.07) is 2.68. The molecule has 0 bridgehead atoms. The van der Waals surface area contributed by atoms with Gasteiger partial charge in [0.2, 0.25) is 0 Å². The lowest BCUT2D eigenvalue weighted by Gasteiger charge is -1.99. The molecule has 5 heteroatoms. The van der Waals surface area contributed by atoms with Crippen molar-refractivity contribution in [3.63, 3.8) is 0 Å². The molecule has 0 aliphatic carbocycles. The molecule has 0 aliphatic rings. The summed E-state index contributed by atoms with van der Waals surface area (Å²) in [6.45, 7) is 1.50. The predicted molar refractivity (Wildman–Crippen MR) is 55.6 cm³/mol. The van der Waals surface area contributed by atoms with Crippen molar-refractivity contribution in [2.45, 2.75) is 6.92 Å². The van der Waals surface area contributed by atoms with Crippen LogP contribution in [-0.4, -0.2) is 0 Å². The van der Waals surface area contributed by atoms with Gasteiger partial charge in [0.1, 0.15) is 22.7 Å². The minimum Gasteiger partial charge on any atom is -0.389 e. The Morgan fingerprint density at radius 3 is 2.67 bits per heavy atom. The summed E-state index contributed by atoms with van der Waals surface area (Å²) in [4.78, 5) is 0. The van der Waals surface area contributed by atoms with Crippen LogP contribution in [0.2, 0.25) is 0 Å². The minimum absolute atomic E-state index is 0.158. The van der Waals surface area contributed by atoms with E-state index < -0.39 is 11.6 Å². The maximum atomic E-state index is 13.4. The number of aryl methyl sites for hydroxylation is 1. The Labute approximate surface area is 88.5 Å². The van der Waals surface area contributed by atoms with E-state index in [1.807, 2.05) is 6.07 Å². The Balaban J connectivity index is 3.06. The van der Waals surface area contributed by atoms with Gasteiger partial charge in [-0.25, -0.2) is 8.78 Å². The highest BCUT2D eigenvalue weighted by Crippen LogP contribution is 2.37. The summed E-state index contributed by atoms with van der Waals surface area (Å²) < 4.78 is 26.9. The van der Waals surface area contributed by atoms with Crippen LogP contribution < -0.4 is 5.73 Å². The highest BCUT2D eigenvalue weighted by atomic mass is 32.1. The Morgan fingerprint density at radius 1 is 1.40 bits per heavy atom. The first-order valence-corrected chi connectivity index (χ1v) is 4.94. The number of hydrogen-bond acceptors (Lipinski definition) is 3. The minimum atomic E-state index is -0.675. The second kappa shape index (κ2) is 3.17. The number of nitrogens with two attached hydrogens (primary N) is 1. The molecule has 0 spiro atoms. The molecule has 0 radical (unpaired) electrons. The fourth-order valence-corrected chi connectivity index (χ4v) is 2.47. The number of nitrogens with zero attached hydrogens (tertiary/aromatic N) is 1. The SMILES string of the molecule is Cc1c(F)cc(F)c2sc(N)c(C#N)c12. The van der Waals surface area contributed by atoms with Crippen molar-refractivity contribution in [1.29, 1.82) is 5.26 Å². The van der Waals surface area contributed by atoms with E-state index in [1.165, 1.54) is 6.92 Å². The van der Waals surface area contributed by atoms with Crippen molar-refractivity contribution in [3.8, 4) is 6.07 Å². The quantitative estimate of drug-likeness (QED) is 0.747. The molecule has 2 rings (SSSR count). The van der Waals surface area contributed by atoms with E-state index in [2.05, 4.69) is 0 Å². The third-order valence-electron chi connectivity index (χ3n) is 2.25. The second-order valence-corrected chi connectivity index (χ2v) is 4.17. The zero-order valence-corrected chi connectivity index (χ0v) is 8.58. The molecule has 2 nitrogen and oxygen atoms in total. The van der Waals surface area contributed by atoms with Crippen molar-refractivity contribution in [2.24, 2.45) is 0 Å². The summed E-state index contributed by atoms with van der Waals surface area (Å²) in [6.07, 6.45) is 0. The Morgan fingerprint density at radius 2 is 2.07 bits per heavy atom. The van der Waals surface area contributed by atoms with Crippen LogP contribution in [0.3, 0.4) is 0 Å². The summed E-state index contributed by atoms with van der Waals surface area (Å²) >= 11 is 0.966. The van der Waals surface area contributed by atoms with Crippen molar-refractivity contribution < 1.29 is 8.78 Å². The zero-order valence-electron chi connectivity index (χ0n) is 7.77. The van der Waals surface area contributed by atoms with Crippen molar-refractivity contribution in [2.75, 3.05) is 5.73 Å². The summed E-state index contributed by atoms with van der Waals surface area (Å²) in [5, 5.41) is 9.36. The first kappa shape index (κ1) is 9.87. The van der Waals surface area contributed by atoms with Crippen LogP contribution >= 0.6 is 11.3 Å². The maximum absolute atomic E-state index is 13.4. The van der Waals surface area contributed by atoms with Crippen LogP contribution in [0, 0.1) is 29.9 Å². The average molecular weight is 224 g/mol. The normalized spacial score (nSPS) is 10.5. The van der Waals surface area contributed by atoms with Gasteiger partial charge in [-0.3, -0.25) is 0 Å². The van der Waals surface area contributed by atoms with Crippen LogP contribution in [0.5, 0.6) is 0 Å². The van der Waals surface area contributed by atoms with Gasteiger partial charge >= 0.3 is 0 Å². The molecule has 1 aromatic carbocycles. The summed E-state index contributed by atoms with van der Waals surface area (Å²) in [7, 11) is 0. The molecule has 76 valence electrons.